The number of benzene rings is 2. The van der Waals surface area contributed by atoms with Crippen molar-refractivity contribution in [1.82, 2.24) is 13.9 Å². The largest absolute Gasteiger partial charge is 0.336 e. The maximum absolute atomic E-state index is 13.3. The second kappa shape index (κ2) is 7.53. The van der Waals surface area contributed by atoms with Crippen LogP contribution >= 0.6 is 11.6 Å². The number of rotatable bonds is 5. The first kappa shape index (κ1) is 19.1. The summed E-state index contributed by atoms with van der Waals surface area (Å²) in [5, 5.41) is 9.87. The van der Waals surface area contributed by atoms with Gasteiger partial charge in [0.15, 0.2) is 0 Å². The molecule has 1 heterocycles. The van der Waals surface area contributed by atoms with E-state index < -0.39 is 16.1 Å². The molecule has 3 rings (SSSR count). The number of nitriles is 1. The van der Waals surface area contributed by atoms with Gasteiger partial charge in [-0.15, -0.1) is 0 Å². The van der Waals surface area contributed by atoms with Crippen LogP contribution in [0.3, 0.4) is 0 Å². The number of halogens is 1. The van der Waals surface area contributed by atoms with Gasteiger partial charge in [-0.1, -0.05) is 35.9 Å². The summed E-state index contributed by atoms with van der Waals surface area (Å²) in [6, 6.07) is 14.4. The fourth-order valence-electron chi connectivity index (χ4n) is 2.89. The Kier molecular flexibility index (Phi) is 5.33. The monoisotopic (exact) mass is 400 g/mol. The van der Waals surface area contributed by atoms with Crippen molar-refractivity contribution < 1.29 is 8.42 Å². The number of hydrogen-bond donors (Lipinski definition) is 0. The van der Waals surface area contributed by atoms with Gasteiger partial charge in [0.2, 0.25) is 10.0 Å². The molecule has 0 N–H and O–H groups in total. The van der Waals surface area contributed by atoms with Crippen LogP contribution in [0.2, 0.25) is 5.02 Å². The first-order chi connectivity index (χ1) is 12.9. The fourth-order valence-corrected chi connectivity index (χ4v) is 4.46. The molecule has 3 aromatic rings. The van der Waals surface area contributed by atoms with E-state index >= 15 is 0 Å². The summed E-state index contributed by atoms with van der Waals surface area (Å²) in [5.74, 6) is 0.554. The zero-order chi connectivity index (χ0) is 19.6. The molecule has 1 atom stereocenters. The van der Waals surface area contributed by atoms with Gasteiger partial charge in [-0.3, -0.25) is 0 Å². The highest BCUT2D eigenvalue weighted by Crippen LogP contribution is 2.32. The van der Waals surface area contributed by atoms with Gasteiger partial charge < -0.3 is 4.57 Å². The van der Waals surface area contributed by atoms with E-state index in [2.05, 4.69) is 4.98 Å². The molecule has 1 aromatic heterocycles. The molecule has 0 spiro atoms. The van der Waals surface area contributed by atoms with Crippen molar-refractivity contribution in [2.24, 2.45) is 7.05 Å². The Morgan fingerprint density at radius 1 is 1.19 bits per heavy atom. The van der Waals surface area contributed by atoms with Gasteiger partial charge in [0.25, 0.3) is 0 Å². The van der Waals surface area contributed by atoms with Crippen LogP contribution in [-0.4, -0.2) is 29.3 Å². The lowest BCUT2D eigenvalue weighted by atomic mass is 10.1. The predicted molar refractivity (Wildman–Crippen MR) is 103 cm³/mol. The zero-order valence-electron chi connectivity index (χ0n) is 14.7. The highest BCUT2D eigenvalue weighted by atomic mass is 35.5. The van der Waals surface area contributed by atoms with Crippen LogP contribution in [0, 0.1) is 11.3 Å². The minimum absolute atomic E-state index is 0.0387. The van der Waals surface area contributed by atoms with Gasteiger partial charge in [-0.05, 0) is 29.8 Å². The third-order valence-electron chi connectivity index (χ3n) is 4.32. The van der Waals surface area contributed by atoms with E-state index in [1.807, 2.05) is 6.07 Å². The molecule has 0 aliphatic carbocycles. The number of hydrogen-bond acceptors (Lipinski definition) is 4. The van der Waals surface area contributed by atoms with Crippen LogP contribution < -0.4 is 0 Å². The van der Waals surface area contributed by atoms with E-state index in [0.29, 0.717) is 16.4 Å². The van der Waals surface area contributed by atoms with Gasteiger partial charge in [0.1, 0.15) is 17.9 Å². The SMILES string of the molecule is CN(C(c1ccc(Cl)cc1)c1nccn1C)S(=O)(=O)c1ccccc1C#N. The summed E-state index contributed by atoms with van der Waals surface area (Å²) in [7, 11) is -0.673. The summed E-state index contributed by atoms with van der Waals surface area (Å²) < 4.78 is 29.6. The smallest absolute Gasteiger partial charge is 0.245 e. The van der Waals surface area contributed by atoms with Crippen molar-refractivity contribution in [1.29, 1.82) is 5.26 Å². The Labute approximate surface area is 163 Å². The third-order valence-corrected chi connectivity index (χ3v) is 6.45. The maximum Gasteiger partial charge on any atom is 0.245 e. The number of aromatic nitrogens is 2. The van der Waals surface area contributed by atoms with Gasteiger partial charge in [0, 0.05) is 31.5 Å². The summed E-state index contributed by atoms with van der Waals surface area (Å²) in [6.45, 7) is 0. The highest BCUT2D eigenvalue weighted by molar-refractivity contribution is 7.89. The van der Waals surface area contributed by atoms with Crippen molar-refractivity contribution >= 4 is 21.6 Å². The summed E-state index contributed by atoms with van der Waals surface area (Å²) in [5.41, 5.74) is 0.813. The molecule has 1 unspecified atom stereocenters. The van der Waals surface area contributed by atoms with E-state index in [9.17, 15) is 13.7 Å². The molecule has 2 aromatic carbocycles. The van der Waals surface area contributed by atoms with Crippen LogP contribution in [0.1, 0.15) is 23.0 Å². The first-order valence-electron chi connectivity index (χ1n) is 8.06. The van der Waals surface area contributed by atoms with Crippen molar-refractivity contribution in [2.75, 3.05) is 7.05 Å². The van der Waals surface area contributed by atoms with E-state index in [1.165, 1.54) is 23.5 Å². The van der Waals surface area contributed by atoms with Gasteiger partial charge in [-0.25, -0.2) is 13.4 Å². The zero-order valence-corrected chi connectivity index (χ0v) is 16.3. The number of aryl methyl sites for hydroxylation is 1. The molecule has 8 heteroatoms. The molecule has 0 aliphatic rings. The van der Waals surface area contributed by atoms with E-state index in [4.69, 9.17) is 11.6 Å². The molecule has 138 valence electrons. The standard InChI is InChI=1S/C19H17ClN4O2S/c1-23-12-11-22-19(23)18(14-7-9-16(20)10-8-14)24(2)27(25,26)17-6-4-3-5-15(17)13-21/h3-12,18H,1-2H3. The summed E-state index contributed by atoms with van der Waals surface area (Å²) in [6.07, 6.45) is 3.36. The van der Waals surface area contributed by atoms with Crippen molar-refractivity contribution in [3.05, 3.63) is 82.9 Å². The molecular formula is C19H17ClN4O2S. The van der Waals surface area contributed by atoms with Gasteiger partial charge >= 0.3 is 0 Å². The molecule has 27 heavy (non-hydrogen) atoms. The van der Waals surface area contributed by atoms with Crippen LogP contribution in [0.25, 0.3) is 0 Å². The molecule has 6 nitrogen and oxygen atoms in total. The topological polar surface area (TPSA) is 79.0 Å². The Balaban J connectivity index is 2.16. The van der Waals surface area contributed by atoms with Crippen LogP contribution in [0.15, 0.2) is 65.8 Å². The lowest BCUT2D eigenvalue weighted by molar-refractivity contribution is 0.398. The molecule has 0 fully saturated rings. The van der Waals surface area contributed by atoms with Crippen molar-refractivity contribution in [2.45, 2.75) is 10.9 Å². The molecule has 0 bridgehead atoms. The van der Waals surface area contributed by atoms with Gasteiger partial charge in [0.05, 0.1) is 10.5 Å². The lowest BCUT2D eigenvalue weighted by Gasteiger charge is -2.28. The lowest BCUT2D eigenvalue weighted by Crippen LogP contribution is -2.34. The summed E-state index contributed by atoms with van der Waals surface area (Å²) in [4.78, 5) is 4.31. The molecule has 0 saturated heterocycles. The third kappa shape index (κ3) is 3.60. The maximum atomic E-state index is 13.3. The Bertz CT molecular complexity index is 1100. The number of imidazole rings is 1. The van der Waals surface area contributed by atoms with E-state index in [0.717, 1.165) is 0 Å². The Morgan fingerprint density at radius 3 is 2.44 bits per heavy atom. The quantitative estimate of drug-likeness (QED) is 0.657. The minimum Gasteiger partial charge on any atom is -0.336 e. The second-order valence-corrected chi connectivity index (χ2v) is 8.38. The van der Waals surface area contributed by atoms with Gasteiger partial charge in [-0.2, -0.15) is 9.57 Å². The predicted octanol–water partition coefficient (Wildman–Crippen LogP) is 3.36. The normalized spacial score (nSPS) is 12.7. The Morgan fingerprint density at radius 2 is 1.85 bits per heavy atom. The van der Waals surface area contributed by atoms with Crippen LogP contribution in [0.5, 0.6) is 0 Å². The second-order valence-electron chi connectivity index (χ2n) is 5.98. The first-order valence-corrected chi connectivity index (χ1v) is 9.88. The van der Waals surface area contributed by atoms with Crippen molar-refractivity contribution in [3.63, 3.8) is 0 Å². The molecule has 0 aliphatic heterocycles. The number of nitrogens with zero attached hydrogens (tertiary/aromatic N) is 4. The number of sulfonamides is 1. The minimum atomic E-state index is -3.96. The molecule has 0 radical (unpaired) electrons. The van der Waals surface area contributed by atoms with Crippen LogP contribution in [-0.2, 0) is 17.1 Å². The van der Waals surface area contributed by atoms with E-state index in [1.54, 1.807) is 60.4 Å². The molecule has 0 saturated carbocycles. The average Bonchev–Trinajstić information content (AvgIpc) is 3.09. The molecular weight excluding hydrogens is 384 g/mol. The molecule has 0 amide bonds. The van der Waals surface area contributed by atoms with Crippen LogP contribution in [0.4, 0.5) is 0 Å². The fraction of sp³-hybridized carbons (Fsp3) is 0.158. The highest BCUT2D eigenvalue weighted by Gasteiger charge is 2.34. The summed E-state index contributed by atoms with van der Waals surface area (Å²) >= 11 is 5.99. The average molecular weight is 401 g/mol. The Hall–Kier alpha value is -2.66. The van der Waals surface area contributed by atoms with Crippen molar-refractivity contribution in [3.8, 4) is 6.07 Å². The van der Waals surface area contributed by atoms with E-state index in [-0.39, 0.29) is 10.5 Å².